The number of hydrogen-bond donors (Lipinski definition) is 1. The molecule has 1 aliphatic rings. The minimum Gasteiger partial charge on any atom is -0.492 e. The molecule has 1 aliphatic heterocycles. The van der Waals surface area contributed by atoms with E-state index >= 15 is 0 Å². The third kappa shape index (κ3) is 3.71. The molecule has 1 unspecified atom stereocenters. The summed E-state index contributed by atoms with van der Waals surface area (Å²) < 4.78 is 10.8. The number of carbonyl (C=O) groups is 1. The Morgan fingerprint density at radius 2 is 2.30 bits per heavy atom. The smallest absolute Gasteiger partial charge is 0.324 e. The number of rotatable bonds is 5. The second kappa shape index (κ2) is 7.26. The van der Waals surface area contributed by atoms with Crippen molar-refractivity contribution >= 4 is 5.97 Å². The van der Waals surface area contributed by atoms with E-state index in [1.165, 1.54) is 0 Å². The Morgan fingerprint density at radius 1 is 1.50 bits per heavy atom. The van der Waals surface area contributed by atoms with Crippen LogP contribution in [-0.2, 0) is 16.1 Å². The van der Waals surface area contributed by atoms with Crippen molar-refractivity contribution < 1.29 is 14.3 Å². The average molecular weight is 278 g/mol. The van der Waals surface area contributed by atoms with Crippen LogP contribution in [0.5, 0.6) is 5.75 Å². The van der Waals surface area contributed by atoms with Crippen LogP contribution in [0, 0.1) is 0 Å². The van der Waals surface area contributed by atoms with E-state index in [0.717, 1.165) is 24.4 Å². The highest BCUT2D eigenvalue weighted by Crippen LogP contribution is 2.22. The number of nitrogens with one attached hydrogen (secondary N) is 1. The highest BCUT2D eigenvalue weighted by Gasteiger charge is 2.23. The van der Waals surface area contributed by atoms with Gasteiger partial charge in [-0.2, -0.15) is 0 Å². The Morgan fingerprint density at radius 3 is 3.05 bits per heavy atom. The van der Waals surface area contributed by atoms with E-state index in [9.17, 15) is 4.79 Å². The summed E-state index contributed by atoms with van der Waals surface area (Å²) in [7, 11) is 1.78. The van der Waals surface area contributed by atoms with Crippen molar-refractivity contribution in [3.8, 4) is 5.75 Å². The van der Waals surface area contributed by atoms with Gasteiger partial charge >= 0.3 is 5.97 Å². The molecule has 0 spiro atoms. The minimum atomic E-state index is -0.305. The summed E-state index contributed by atoms with van der Waals surface area (Å²) in [6.45, 7) is 5.06. The predicted molar refractivity (Wildman–Crippen MR) is 76.7 cm³/mol. The van der Waals surface area contributed by atoms with Gasteiger partial charge in [-0.15, -0.1) is 0 Å². The molecular formula is C15H22N2O3. The van der Waals surface area contributed by atoms with Gasteiger partial charge < -0.3 is 14.8 Å². The predicted octanol–water partition coefficient (Wildman–Crippen LogP) is 1.03. The molecule has 1 N–H and O–H groups in total. The molecule has 1 aromatic rings. The number of nitrogens with zero attached hydrogens (tertiary/aromatic N) is 1. The highest BCUT2D eigenvalue weighted by atomic mass is 16.5. The average Bonchev–Trinajstić information content (AvgIpc) is 2.66. The number of benzene rings is 1. The van der Waals surface area contributed by atoms with Gasteiger partial charge in [0.25, 0.3) is 0 Å². The minimum absolute atomic E-state index is 0.201. The monoisotopic (exact) mass is 278 g/mol. The van der Waals surface area contributed by atoms with Crippen molar-refractivity contribution in [1.29, 1.82) is 0 Å². The molecule has 0 aliphatic carbocycles. The second-order valence-corrected chi connectivity index (χ2v) is 4.78. The van der Waals surface area contributed by atoms with Gasteiger partial charge in [0.05, 0.1) is 6.61 Å². The molecule has 1 aromatic carbocycles. The molecule has 1 atom stereocenters. The molecular weight excluding hydrogens is 256 g/mol. The maximum Gasteiger partial charge on any atom is 0.324 e. The molecule has 0 bridgehead atoms. The lowest BCUT2D eigenvalue weighted by Crippen LogP contribution is -2.45. The molecule has 0 saturated carbocycles. The lowest BCUT2D eigenvalue weighted by molar-refractivity contribution is -0.146. The molecule has 0 radical (unpaired) electrons. The number of hydrogen-bond acceptors (Lipinski definition) is 5. The molecule has 20 heavy (non-hydrogen) atoms. The first-order valence-corrected chi connectivity index (χ1v) is 7.01. The SMILES string of the molecule is CCOC(=O)C(CN1CCOc2ccccc2C1)NC. The Hall–Kier alpha value is -1.59. The number of carbonyl (C=O) groups excluding carboxylic acids is 1. The van der Waals surface area contributed by atoms with Gasteiger partial charge in [0.15, 0.2) is 0 Å². The van der Waals surface area contributed by atoms with Crippen molar-refractivity contribution in [3.63, 3.8) is 0 Å². The Kier molecular flexibility index (Phi) is 5.38. The van der Waals surface area contributed by atoms with Gasteiger partial charge in [0.1, 0.15) is 18.4 Å². The normalized spacial score (nSPS) is 16.7. The topological polar surface area (TPSA) is 50.8 Å². The van der Waals surface area contributed by atoms with Gasteiger partial charge in [0, 0.05) is 25.2 Å². The fourth-order valence-electron chi connectivity index (χ4n) is 2.32. The third-order valence-corrected chi connectivity index (χ3v) is 3.39. The van der Waals surface area contributed by atoms with Crippen LogP contribution in [0.2, 0.25) is 0 Å². The molecule has 2 rings (SSSR count). The standard InChI is InChI=1S/C15H22N2O3/c1-3-19-15(18)13(16-2)11-17-8-9-20-14-7-5-4-6-12(14)10-17/h4-7,13,16H,3,8-11H2,1-2H3. The van der Waals surface area contributed by atoms with Crippen molar-refractivity contribution in [3.05, 3.63) is 29.8 Å². The maximum absolute atomic E-state index is 11.8. The number of ether oxygens (including phenoxy) is 2. The van der Waals surface area contributed by atoms with E-state index < -0.39 is 0 Å². The fraction of sp³-hybridized carbons (Fsp3) is 0.533. The number of para-hydroxylation sites is 1. The first-order valence-electron chi connectivity index (χ1n) is 7.01. The largest absolute Gasteiger partial charge is 0.492 e. The molecule has 5 nitrogen and oxygen atoms in total. The van der Waals surface area contributed by atoms with Crippen LogP contribution >= 0.6 is 0 Å². The van der Waals surface area contributed by atoms with E-state index in [2.05, 4.69) is 16.3 Å². The summed E-state index contributed by atoms with van der Waals surface area (Å²) in [5, 5.41) is 3.02. The van der Waals surface area contributed by atoms with E-state index in [1.54, 1.807) is 7.05 Å². The molecule has 0 aromatic heterocycles. The van der Waals surface area contributed by atoms with Crippen LogP contribution < -0.4 is 10.1 Å². The van der Waals surface area contributed by atoms with E-state index in [1.807, 2.05) is 25.1 Å². The number of fused-ring (bicyclic) bond motifs is 1. The van der Waals surface area contributed by atoms with E-state index in [-0.39, 0.29) is 12.0 Å². The summed E-state index contributed by atoms with van der Waals surface area (Å²) in [6.07, 6.45) is 0. The molecule has 110 valence electrons. The summed E-state index contributed by atoms with van der Waals surface area (Å²) in [4.78, 5) is 14.0. The van der Waals surface area contributed by atoms with Crippen LogP contribution in [0.15, 0.2) is 24.3 Å². The van der Waals surface area contributed by atoms with Gasteiger partial charge in [-0.05, 0) is 20.0 Å². The molecule has 0 saturated heterocycles. The summed E-state index contributed by atoms with van der Waals surface area (Å²) in [5.74, 6) is 0.737. The summed E-state index contributed by atoms with van der Waals surface area (Å²) in [5.41, 5.74) is 1.16. The fourth-order valence-corrected chi connectivity index (χ4v) is 2.32. The Balaban J connectivity index is 2.01. The van der Waals surface area contributed by atoms with Crippen LogP contribution in [-0.4, -0.2) is 50.3 Å². The van der Waals surface area contributed by atoms with E-state index in [0.29, 0.717) is 19.8 Å². The zero-order chi connectivity index (χ0) is 14.4. The zero-order valence-electron chi connectivity index (χ0n) is 12.1. The first-order chi connectivity index (χ1) is 9.74. The molecule has 1 heterocycles. The number of likely N-dealkylation sites (N-methyl/N-ethyl adjacent to an activating group) is 1. The quantitative estimate of drug-likeness (QED) is 0.815. The number of esters is 1. The summed E-state index contributed by atoms with van der Waals surface area (Å²) in [6, 6.07) is 7.72. The Labute approximate surface area is 119 Å². The van der Waals surface area contributed by atoms with Crippen molar-refractivity contribution in [2.24, 2.45) is 0 Å². The van der Waals surface area contributed by atoms with Crippen molar-refractivity contribution in [2.45, 2.75) is 19.5 Å². The zero-order valence-corrected chi connectivity index (χ0v) is 12.1. The van der Waals surface area contributed by atoms with Crippen LogP contribution in [0.25, 0.3) is 0 Å². The summed E-state index contributed by atoms with van der Waals surface area (Å²) >= 11 is 0. The van der Waals surface area contributed by atoms with Gasteiger partial charge in [-0.1, -0.05) is 18.2 Å². The van der Waals surface area contributed by atoms with E-state index in [4.69, 9.17) is 9.47 Å². The second-order valence-electron chi connectivity index (χ2n) is 4.78. The highest BCUT2D eigenvalue weighted by molar-refractivity contribution is 5.76. The van der Waals surface area contributed by atoms with Gasteiger partial charge in [0.2, 0.25) is 0 Å². The van der Waals surface area contributed by atoms with Crippen molar-refractivity contribution in [2.75, 3.05) is 33.4 Å². The van der Waals surface area contributed by atoms with Gasteiger partial charge in [-0.25, -0.2) is 0 Å². The molecule has 5 heteroatoms. The van der Waals surface area contributed by atoms with Crippen LogP contribution in [0.1, 0.15) is 12.5 Å². The first kappa shape index (κ1) is 14.8. The van der Waals surface area contributed by atoms with Gasteiger partial charge in [-0.3, -0.25) is 9.69 Å². The lowest BCUT2D eigenvalue weighted by atomic mass is 10.2. The third-order valence-electron chi connectivity index (χ3n) is 3.39. The van der Waals surface area contributed by atoms with Crippen molar-refractivity contribution in [1.82, 2.24) is 10.2 Å². The lowest BCUT2D eigenvalue weighted by Gasteiger charge is -2.24. The van der Waals surface area contributed by atoms with Crippen LogP contribution in [0.3, 0.4) is 0 Å². The van der Waals surface area contributed by atoms with Crippen LogP contribution in [0.4, 0.5) is 0 Å². The molecule has 0 fully saturated rings. The molecule has 0 amide bonds. The Bertz CT molecular complexity index is 450. The maximum atomic E-state index is 11.8.